The molecule has 1 rings (SSSR count). The molecule has 0 aromatic carbocycles. The van der Waals surface area contributed by atoms with Gasteiger partial charge in [-0.15, -0.1) is 0 Å². The Morgan fingerprint density at radius 2 is 2.19 bits per heavy atom. The summed E-state index contributed by atoms with van der Waals surface area (Å²) in [6, 6.07) is 0.209. The van der Waals surface area contributed by atoms with Gasteiger partial charge in [-0.2, -0.15) is 5.10 Å². The quantitative estimate of drug-likeness (QED) is 0.747. The Morgan fingerprint density at radius 3 is 2.69 bits per heavy atom. The second-order valence-electron chi connectivity index (χ2n) is 3.46. The largest absolute Gasteiger partial charge is 0.478 e. The number of anilines is 1. The number of hydrogen-bond acceptors (Lipinski definition) is 3. The van der Waals surface area contributed by atoms with Crippen molar-refractivity contribution in [3.63, 3.8) is 0 Å². The Hall–Kier alpha value is -2.11. The maximum atomic E-state index is 11.2. The van der Waals surface area contributed by atoms with Crippen LogP contribution >= 0.6 is 0 Å². The average Bonchev–Trinajstić information content (AvgIpc) is 2.63. The third kappa shape index (κ3) is 3.56. The van der Waals surface area contributed by atoms with Crippen LogP contribution in [0.4, 0.5) is 5.69 Å². The van der Waals surface area contributed by atoms with Crippen LogP contribution < -0.4 is 5.32 Å². The molecule has 16 heavy (non-hydrogen) atoms. The molecule has 0 bridgehead atoms. The zero-order chi connectivity index (χ0) is 12.1. The van der Waals surface area contributed by atoms with Crippen LogP contribution in [0.1, 0.15) is 19.9 Å². The van der Waals surface area contributed by atoms with Crippen molar-refractivity contribution in [2.24, 2.45) is 0 Å². The average molecular weight is 223 g/mol. The lowest BCUT2D eigenvalue weighted by atomic mass is 10.4. The molecule has 0 aliphatic rings. The molecule has 0 saturated heterocycles. The lowest BCUT2D eigenvalue weighted by Crippen LogP contribution is -2.08. The molecule has 1 amide bonds. The molecule has 0 radical (unpaired) electrons. The summed E-state index contributed by atoms with van der Waals surface area (Å²) < 4.78 is 1.69. The second-order valence-corrected chi connectivity index (χ2v) is 3.46. The number of carboxylic acid groups (broad SMARTS) is 1. The van der Waals surface area contributed by atoms with Gasteiger partial charge in [0.05, 0.1) is 11.9 Å². The van der Waals surface area contributed by atoms with Crippen LogP contribution in [0, 0.1) is 0 Å². The minimum Gasteiger partial charge on any atom is -0.478 e. The Balaban J connectivity index is 2.59. The molecule has 2 N–H and O–H groups in total. The fourth-order valence-electron chi connectivity index (χ4n) is 1.02. The number of carbonyl (C=O) groups is 2. The van der Waals surface area contributed by atoms with E-state index in [-0.39, 0.29) is 6.04 Å². The van der Waals surface area contributed by atoms with Crippen molar-refractivity contribution >= 4 is 17.6 Å². The van der Waals surface area contributed by atoms with Gasteiger partial charge in [0, 0.05) is 24.4 Å². The summed E-state index contributed by atoms with van der Waals surface area (Å²) >= 11 is 0. The molecule has 6 nitrogen and oxygen atoms in total. The van der Waals surface area contributed by atoms with E-state index in [9.17, 15) is 9.59 Å². The third-order valence-corrected chi connectivity index (χ3v) is 1.78. The Bertz CT molecular complexity index is 421. The van der Waals surface area contributed by atoms with E-state index in [0.717, 1.165) is 12.2 Å². The van der Waals surface area contributed by atoms with Crippen LogP contribution in [0.15, 0.2) is 24.5 Å². The lowest BCUT2D eigenvalue weighted by molar-refractivity contribution is -0.131. The van der Waals surface area contributed by atoms with Crippen molar-refractivity contribution in [3.8, 4) is 0 Å². The molecule has 0 saturated carbocycles. The second kappa shape index (κ2) is 5.11. The number of carboxylic acids is 1. The molecule has 0 spiro atoms. The van der Waals surface area contributed by atoms with Crippen LogP contribution in [-0.4, -0.2) is 26.8 Å². The molecule has 0 aliphatic heterocycles. The topological polar surface area (TPSA) is 84.2 Å². The monoisotopic (exact) mass is 223 g/mol. The van der Waals surface area contributed by atoms with Gasteiger partial charge in [-0.1, -0.05) is 0 Å². The van der Waals surface area contributed by atoms with E-state index in [2.05, 4.69) is 10.4 Å². The number of carbonyl (C=O) groups excluding carboxylic acids is 1. The Labute approximate surface area is 92.6 Å². The van der Waals surface area contributed by atoms with E-state index in [1.54, 1.807) is 10.9 Å². The van der Waals surface area contributed by atoms with E-state index in [1.807, 2.05) is 13.8 Å². The standard InChI is InChI=1S/C10H13N3O3/c1-7(2)13-6-8(5-11-13)12-9(14)3-4-10(15)16/h3-7H,1-2H3,(H,12,14)(H,15,16). The number of aliphatic carboxylic acids is 1. The molecule has 0 aliphatic carbocycles. The van der Waals surface area contributed by atoms with Gasteiger partial charge in [-0.3, -0.25) is 9.48 Å². The first kappa shape index (κ1) is 12.0. The minimum absolute atomic E-state index is 0.209. The van der Waals surface area contributed by atoms with Crippen LogP contribution in [0.5, 0.6) is 0 Å². The fraction of sp³-hybridized carbons (Fsp3) is 0.300. The Morgan fingerprint density at radius 1 is 1.50 bits per heavy atom. The molecule has 1 aromatic rings. The van der Waals surface area contributed by atoms with Crippen molar-refractivity contribution in [2.45, 2.75) is 19.9 Å². The van der Waals surface area contributed by atoms with Crippen molar-refractivity contribution < 1.29 is 14.7 Å². The number of nitrogens with zero attached hydrogens (tertiary/aromatic N) is 2. The third-order valence-electron chi connectivity index (χ3n) is 1.78. The maximum absolute atomic E-state index is 11.2. The van der Waals surface area contributed by atoms with Gasteiger partial charge in [0.2, 0.25) is 5.91 Å². The van der Waals surface area contributed by atoms with Crippen LogP contribution in [0.3, 0.4) is 0 Å². The van der Waals surface area contributed by atoms with Crippen molar-refractivity contribution in [1.29, 1.82) is 0 Å². The molecule has 86 valence electrons. The van der Waals surface area contributed by atoms with E-state index in [1.165, 1.54) is 6.20 Å². The van der Waals surface area contributed by atoms with Crippen molar-refractivity contribution in [3.05, 3.63) is 24.5 Å². The molecule has 1 heterocycles. The highest BCUT2D eigenvalue weighted by molar-refractivity contribution is 6.02. The lowest BCUT2D eigenvalue weighted by Gasteiger charge is -2.02. The zero-order valence-corrected chi connectivity index (χ0v) is 9.04. The predicted octanol–water partition coefficient (Wildman–Crippen LogP) is 1.04. The van der Waals surface area contributed by atoms with E-state index in [0.29, 0.717) is 5.69 Å². The molecule has 0 fully saturated rings. The van der Waals surface area contributed by atoms with Crippen molar-refractivity contribution in [1.82, 2.24) is 9.78 Å². The highest BCUT2D eigenvalue weighted by Gasteiger charge is 2.03. The summed E-state index contributed by atoms with van der Waals surface area (Å²) in [7, 11) is 0. The smallest absolute Gasteiger partial charge is 0.328 e. The maximum Gasteiger partial charge on any atom is 0.328 e. The molecule has 0 unspecified atom stereocenters. The first-order valence-electron chi connectivity index (χ1n) is 4.75. The summed E-state index contributed by atoms with van der Waals surface area (Å²) in [5.74, 6) is -1.65. The van der Waals surface area contributed by atoms with Gasteiger partial charge >= 0.3 is 5.97 Å². The zero-order valence-electron chi connectivity index (χ0n) is 9.04. The predicted molar refractivity (Wildman–Crippen MR) is 58.0 cm³/mol. The first-order valence-corrected chi connectivity index (χ1v) is 4.75. The number of aromatic nitrogens is 2. The molecule has 0 atom stereocenters. The highest BCUT2D eigenvalue weighted by Crippen LogP contribution is 2.09. The SMILES string of the molecule is CC(C)n1cc(NC(=O)C=CC(=O)O)cn1. The van der Waals surface area contributed by atoms with Crippen molar-refractivity contribution in [2.75, 3.05) is 5.32 Å². The van der Waals surface area contributed by atoms with Gasteiger partial charge in [0.15, 0.2) is 0 Å². The summed E-state index contributed by atoms with van der Waals surface area (Å²) in [5.41, 5.74) is 0.536. The molecule has 1 aromatic heterocycles. The van der Waals surface area contributed by atoms with Gasteiger partial charge in [0.1, 0.15) is 0 Å². The Kier molecular flexibility index (Phi) is 3.82. The summed E-state index contributed by atoms with van der Waals surface area (Å²) in [5, 5.41) is 14.8. The minimum atomic E-state index is -1.16. The van der Waals surface area contributed by atoms with Crippen LogP contribution in [-0.2, 0) is 9.59 Å². The van der Waals surface area contributed by atoms with E-state index < -0.39 is 11.9 Å². The highest BCUT2D eigenvalue weighted by atomic mass is 16.4. The molecular weight excluding hydrogens is 210 g/mol. The van der Waals surface area contributed by atoms with Gasteiger partial charge in [-0.05, 0) is 13.8 Å². The summed E-state index contributed by atoms with van der Waals surface area (Å²) in [6.45, 7) is 3.92. The fourth-order valence-corrected chi connectivity index (χ4v) is 1.02. The number of amides is 1. The van der Waals surface area contributed by atoms with Gasteiger partial charge in [0.25, 0.3) is 0 Å². The summed E-state index contributed by atoms with van der Waals surface area (Å²) in [6.07, 6.45) is 4.92. The van der Waals surface area contributed by atoms with Gasteiger partial charge in [-0.25, -0.2) is 4.79 Å². The normalized spacial score (nSPS) is 10.9. The molecule has 6 heteroatoms. The molecular formula is C10H13N3O3. The van der Waals surface area contributed by atoms with Crippen LogP contribution in [0.2, 0.25) is 0 Å². The number of hydrogen-bond donors (Lipinski definition) is 2. The van der Waals surface area contributed by atoms with Crippen LogP contribution in [0.25, 0.3) is 0 Å². The van der Waals surface area contributed by atoms with Gasteiger partial charge < -0.3 is 10.4 Å². The van der Waals surface area contributed by atoms with E-state index in [4.69, 9.17) is 5.11 Å². The summed E-state index contributed by atoms with van der Waals surface area (Å²) in [4.78, 5) is 21.4. The van der Waals surface area contributed by atoms with E-state index >= 15 is 0 Å². The number of rotatable bonds is 4. The first-order chi connectivity index (χ1) is 7.49. The number of nitrogens with one attached hydrogen (secondary N) is 1.